The van der Waals surface area contributed by atoms with E-state index in [1.165, 1.54) is 0 Å². The van der Waals surface area contributed by atoms with Crippen molar-refractivity contribution in [2.75, 3.05) is 5.32 Å². The monoisotopic (exact) mass is 394 g/mol. The third-order valence-corrected chi connectivity index (χ3v) is 4.46. The van der Waals surface area contributed by atoms with Crippen molar-refractivity contribution in [2.45, 2.75) is 17.4 Å². The minimum Gasteiger partial charge on any atom is -0.411 e. The summed E-state index contributed by atoms with van der Waals surface area (Å²) in [6.45, 7) is 1.74. The van der Waals surface area contributed by atoms with Crippen molar-refractivity contribution >= 4 is 46.6 Å². The van der Waals surface area contributed by atoms with Crippen LogP contribution in [0.4, 0.5) is 5.69 Å². The minimum atomic E-state index is -0.458. The second kappa shape index (κ2) is 7.86. The normalized spacial score (nSPS) is 12.0. The SMILES string of the molecule is C[C@@H](Sc1nnc(-c2cccnc2)o1)C(=O)Nc1cc(Cl)cc(Cl)c1. The lowest BCUT2D eigenvalue weighted by Crippen LogP contribution is -2.22. The number of amides is 1. The molecule has 0 radical (unpaired) electrons. The molecule has 1 atom stereocenters. The number of rotatable bonds is 5. The number of nitrogens with zero attached hydrogens (tertiary/aromatic N) is 3. The van der Waals surface area contributed by atoms with E-state index in [9.17, 15) is 4.79 Å². The van der Waals surface area contributed by atoms with Crippen LogP contribution in [0.25, 0.3) is 11.5 Å². The van der Waals surface area contributed by atoms with Crippen molar-refractivity contribution < 1.29 is 9.21 Å². The fourth-order valence-corrected chi connectivity index (χ4v) is 3.15. The standard InChI is InChI=1S/C16H12Cl2N4O2S/c1-9(14(23)20-13-6-11(17)5-12(18)7-13)25-16-22-21-15(24-16)10-3-2-4-19-8-10/h2-9H,1H3,(H,20,23)/t9-/m1/s1. The number of benzene rings is 1. The van der Waals surface area contributed by atoms with Crippen LogP contribution in [0.3, 0.4) is 0 Å². The molecule has 0 saturated carbocycles. The molecule has 25 heavy (non-hydrogen) atoms. The molecule has 0 aliphatic heterocycles. The van der Waals surface area contributed by atoms with E-state index >= 15 is 0 Å². The molecule has 0 aliphatic rings. The van der Waals surface area contributed by atoms with E-state index in [0.717, 1.165) is 11.8 Å². The van der Waals surface area contributed by atoms with Gasteiger partial charge in [0, 0.05) is 28.1 Å². The first kappa shape index (κ1) is 17.7. The van der Waals surface area contributed by atoms with E-state index in [1.807, 2.05) is 6.07 Å². The number of carbonyl (C=O) groups excluding carboxylic acids is 1. The van der Waals surface area contributed by atoms with Gasteiger partial charge < -0.3 is 9.73 Å². The van der Waals surface area contributed by atoms with Crippen LogP contribution in [0.15, 0.2) is 52.4 Å². The summed E-state index contributed by atoms with van der Waals surface area (Å²) in [5, 5.41) is 11.4. The van der Waals surface area contributed by atoms with Crippen molar-refractivity contribution in [2.24, 2.45) is 0 Å². The molecule has 0 fully saturated rings. The fraction of sp³-hybridized carbons (Fsp3) is 0.125. The van der Waals surface area contributed by atoms with Gasteiger partial charge in [0.15, 0.2) is 0 Å². The summed E-state index contributed by atoms with van der Waals surface area (Å²) in [6, 6.07) is 8.42. The first-order chi connectivity index (χ1) is 12.0. The molecular formula is C16H12Cl2N4O2S. The topological polar surface area (TPSA) is 80.9 Å². The summed E-state index contributed by atoms with van der Waals surface area (Å²) in [5.41, 5.74) is 1.24. The van der Waals surface area contributed by atoms with Crippen molar-refractivity contribution in [1.82, 2.24) is 15.2 Å². The Morgan fingerprint density at radius 2 is 2.00 bits per heavy atom. The lowest BCUT2D eigenvalue weighted by atomic mass is 10.3. The number of thioether (sulfide) groups is 1. The molecule has 3 aromatic rings. The predicted molar refractivity (Wildman–Crippen MR) is 97.9 cm³/mol. The van der Waals surface area contributed by atoms with E-state index in [4.69, 9.17) is 27.6 Å². The van der Waals surface area contributed by atoms with Gasteiger partial charge in [-0.05, 0) is 37.3 Å². The first-order valence-corrected chi connectivity index (χ1v) is 8.82. The van der Waals surface area contributed by atoms with Crippen LogP contribution >= 0.6 is 35.0 Å². The summed E-state index contributed by atoms with van der Waals surface area (Å²) in [4.78, 5) is 16.3. The molecule has 1 amide bonds. The average Bonchev–Trinajstić information content (AvgIpc) is 3.03. The Morgan fingerprint density at radius 3 is 2.68 bits per heavy atom. The second-order valence-corrected chi connectivity index (χ2v) is 7.19. The quantitative estimate of drug-likeness (QED) is 0.638. The predicted octanol–water partition coefficient (Wildman–Crippen LogP) is 4.56. The Hall–Kier alpha value is -2.09. The highest BCUT2D eigenvalue weighted by Crippen LogP contribution is 2.27. The van der Waals surface area contributed by atoms with Crippen molar-refractivity contribution in [3.8, 4) is 11.5 Å². The third kappa shape index (κ3) is 4.72. The second-order valence-electron chi connectivity index (χ2n) is 5.02. The minimum absolute atomic E-state index is 0.232. The molecule has 1 N–H and O–H groups in total. The van der Waals surface area contributed by atoms with Crippen LogP contribution in [-0.4, -0.2) is 26.3 Å². The van der Waals surface area contributed by atoms with E-state index < -0.39 is 5.25 Å². The lowest BCUT2D eigenvalue weighted by molar-refractivity contribution is -0.115. The molecule has 3 rings (SSSR count). The average molecular weight is 395 g/mol. The number of aromatic nitrogens is 3. The number of carbonyl (C=O) groups is 1. The smallest absolute Gasteiger partial charge is 0.277 e. The van der Waals surface area contributed by atoms with Crippen LogP contribution in [0, 0.1) is 0 Å². The molecule has 2 aromatic heterocycles. The van der Waals surface area contributed by atoms with Gasteiger partial charge in [-0.1, -0.05) is 35.0 Å². The molecule has 0 bridgehead atoms. The molecule has 6 nitrogen and oxygen atoms in total. The molecular weight excluding hydrogens is 383 g/mol. The zero-order valence-corrected chi connectivity index (χ0v) is 15.3. The lowest BCUT2D eigenvalue weighted by Gasteiger charge is -2.10. The number of anilines is 1. The number of nitrogens with one attached hydrogen (secondary N) is 1. The van der Waals surface area contributed by atoms with E-state index in [0.29, 0.717) is 32.4 Å². The van der Waals surface area contributed by atoms with Crippen LogP contribution in [0.5, 0.6) is 0 Å². The van der Waals surface area contributed by atoms with Crippen molar-refractivity contribution in [3.05, 3.63) is 52.8 Å². The van der Waals surface area contributed by atoms with Gasteiger partial charge in [0.2, 0.25) is 11.8 Å². The molecule has 0 aliphatic carbocycles. The Kier molecular flexibility index (Phi) is 5.57. The number of hydrogen-bond acceptors (Lipinski definition) is 6. The molecule has 0 unspecified atom stereocenters. The maximum Gasteiger partial charge on any atom is 0.277 e. The highest BCUT2D eigenvalue weighted by atomic mass is 35.5. The number of pyridine rings is 1. The Balaban J connectivity index is 1.64. The fourth-order valence-electron chi connectivity index (χ4n) is 1.94. The Bertz CT molecular complexity index is 869. The third-order valence-electron chi connectivity index (χ3n) is 3.09. The molecule has 2 heterocycles. The van der Waals surface area contributed by atoms with Gasteiger partial charge in [0.1, 0.15) is 0 Å². The van der Waals surface area contributed by atoms with Crippen LogP contribution in [0.2, 0.25) is 10.0 Å². The van der Waals surface area contributed by atoms with Gasteiger partial charge >= 0.3 is 0 Å². The first-order valence-electron chi connectivity index (χ1n) is 7.19. The molecule has 0 spiro atoms. The van der Waals surface area contributed by atoms with Crippen LogP contribution < -0.4 is 5.32 Å². The highest BCUT2D eigenvalue weighted by Gasteiger charge is 2.19. The van der Waals surface area contributed by atoms with Gasteiger partial charge in [0.25, 0.3) is 5.22 Å². The molecule has 128 valence electrons. The van der Waals surface area contributed by atoms with Gasteiger partial charge in [-0.3, -0.25) is 9.78 Å². The Labute approximate surface area is 158 Å². The number of halogens is 2. The summed E-state index contributed by atoms with van der Waals surface area (Å²) in [5.74, 6) is 0.120. The maximum absolute atomic E-state index is 12.3. The van der Waals surface area contributed by atoms with Gasteiger partial charge in [0.05, 0.1) is 10.8 Å². The largest absolute Gasteiger partial charge is 0.411 e. The van der Waals surface area contributed by atoms with Crippen molar-refractivity contribution in [3.63, 3.8) is 0 Å². The maximum atomic E-state index is 12.3. The van der Waals surface area contributed by atoms with Gasteiger partial charge in [-0.25, -0.2) is 0 Å². The zero-order valence-electron chi connectivity index (χ0n) is 12.9. The Morgan fingerprint density at radius 1 is 1.24 bits per heavy atom. The van der Waals surface area contributed by atoms with E-state index in [1.54, 1.807) is 43.6 Å². The summed E-state index contributed by atoms with van der Waals surface area (Å²) in [6.07, 6.45) is 3.28. The zero-order chi connectivity index (χ0) is 17.8. The van der Waals surface area contributed by atoms with Crippen molar-refractivity contribution in [1.29, 1.82) is 0 Å². The molecule has 0 saturated heterocycles. The summed E-state index contributed by atoms with van der Waals surface area (Å²) >= 11 is 13.0. The summed E-state index contributed by atoms with van der Waals surface area (Å²) < 4.78 is 5.56. The van der Waals surface area contributed by atoms with Gasteiger partial charge in [-0.15, -0.1) is 10.2 Å². The van der Waals surface area contributed by atoms with Crippen LogP contribution in [-0.2, 0) is 4.79 Å². The van der Waals surface area contributed by atoms with Crippen LogP contribution in [0.1, 0.15) is 6.92 Å². The van der Waals surface area contributed by atoms with E-state index in [-0.39, 0.29) is 5.91 Å². The number of hydrogen-bond donors (Lipinski definition) is 1. The van der Waals surface area contributed by atoms with Gasteiger partial charge in [-0.2, -0.15) is 0 Å². The highest BCUT2D eigenvalue weighted by molar-refractivity contribution is 8.00. The summed E-state index contributed by atoms with van der Waals surface area (Å²) in [7, 11) is 0. The van der Waals surface area contributed by atoms with E-state index in [2.05, 4.69) is 20.5 Å². The molecule has 9 heteroatoms. The molecule has 1 aromatic carbocycles.